The van der Waals surface area contributed by atoms with Crippen LogP contribution in [0.25, 0.3) is 5.57 Å². The number of nitrogens with zero attached hydrogens (tertiary/aromatic N) is 1. The Labute approximate surface area is 209 Å². The fourth-order valence-corrected chi connectivity index (χ4v) is 5.85. The number of primary amides is 1. The van der Waals surface area contributed by atoms with Crippen LogP contribution in [0.1, 0.15) is 28.4 Å². The first-order valence-corrected chi connectivity index (χ1v) is 12.4. The molecule has 36 heavy (non-hydrogen) atoms. The molecule has 0 atom stereocenters. The van der Waals surface area contributed by atoms with E-state index in [1.807, 2.05) is 6.07 Å². The molecule has 4 rings (SSSR count). The maximum atomic E-state index is 13.9. The Kier molecular flexibility index (Phi) is 6.71. The number of rotatable bonds is 7. The van der Waals surface area contributed by atoms with Crippen LogP contribution in [0.15, 0.2) is 71.6 Å². The second kappa shape index (κ2) is 9.74. The van der Waals surface area contributed by atoms with Crippen LogP contribution >= 0.6 is 0 Å². The van der Waals surface area contributed by atoms with Crippen LogP contribution in [-0.2, 0) is 21.4 Å². The molecule has 0 bridgehead atoms. The van der Waals surface area contributed by atoms with Crippen molar-refractivity contribution in [2.24, 2.45) is 5.73 Å². The van der Waals surface area contributed by atoms with Gasteiger partial charge in [0, 0.05) is 11.6 Å². The summed E-state index contributed by atoms with van der Waals surface area (Å²) in [5, 5.41) is 2.55. The Bertz CT molecular complexity index is 1480. The van der Waals surface area contributed by atoms with Crippen molar-refractivity contribution in [3.8, 4) is 11.5 Å². The first-order chi connectivity index (χ1) is 17.2. The van der Waals surface area contributed by atoms with Gasteiger partial charge in [-0.3, -0.25) is 13.9 Å². The molecular formula is C26H25N3O6S. The second-order valence-corrected chi connectivity index (χ2v) is 9.84. The zero-order valence-corrected chi connectivity index (χ0v) is 20.8. The van der Waals surface area contributed by atoms with E-state index < -0.39 is 26.7 Å². The molecule has 3 aromatic rings. The second-order valence-electron chi connectivity index (χ2n) is 8.04. The van der Waals surface area contributed by atoms with Gasteiger partial charge in [-0.25, -0.2) is 8.42 Å². The summed E-state index contributed by atoms with van der Waals surface area (Å²) < 4.78 is 39.9. The lowest BCUT2D eigenvalue weighted by molar-refractivity contribution is -0.112. The summed E-state index contributed by atoms with van der Waals surface area (Å²) in [5.74, 6) is -0.912. The van der Waals surface area contributed by atoms with E-state index in [0.717, 1.165) is 5.56 Å². The molecule has 3 N–H and O–H groups in total. The highest BCUT2D eigenvalue weighted by atomic mass is 32.2. The van der Waals surface area contributed by atoms with E-state index in [2.05, 4.69) is 5.32 Å². The van der Waals surface area contributed by atoms with Crippen LogP contribution in [0.4, 0.5) is 11.4 Å². The molecule has 2 amide bonds. The number of para-hydroxylation sites is 1. The van der Waals surface area contributed by atoms with E-state index in [0.29, 0.717) is 22.7 Å². The molecule has 0 saturated heterocycles. The number of anilines is 2. The van der Waals surface area contributed by atoms with E-state index in [-0.39, 0.29) is 23.4 Å². The number of amides is 2. The standard InChI is InChI=1S/C26H25N3O6S/c1-16-19-13-22(34-2)23(35-3)14-21(19)29(15-17-9-5-4-6-10-17)36(32,33)24(16)26(31)28-20-12-8-7-11-18(20)25(27)30/h4-14H,15H2,1-3H3,(H2,27,30)(H,28,31). The molecule has 0 radical (unpaired) electrons. The van der Waals surface area contributed by atoms with Gasteiger partial charge in [-0.15, -0.1) is 0 Å². The normalized spacial score (nSPS) is 14.1. The van der Waals surface area contributed by atoms with E-state index in [4.69, 9.17) is 15.2 Å². The van der Waals surface area contributed by atoms with Gasteiger partial charge in [-0.05, 0) is 36.3 Å². The summed E-state index contributed by atoms with van der Waals surface area (Å²) in [7, 11) is -1.40. The van der Waals surface area contributed by atoms with Gasteiger partial charge in [0.25, 0.3) is 21.8 Å². The number of nitrogens with two attached hydrogens (primary N) is 1. The minimum absolute atomic E-state index is 0.0202. The van der Waals surface area contributed by atoms with Crippen LogP contribution in [0.5, 0.6) is 11.5 Å². The van der Waals surface area contributed by atoms with Crippen molar-refractivity contribution in [1.82, 2.24) is 0 Å². The third kappa shape index (κ3) is 4.38. The number of nitrogens with one attached hydrogen (secondary N) is 1. The summed E-state index contributed by atoms with van der Waals surface area (Å²) in [6.45, 7) is 1.53. The zero-order chi connectivity index (χ0) is 26.0. The summed E-state index contributed by atoms with van der Waals surface area (Å²) in [6.07, 6.45) is 0. The van der Waals surface area contributed by atoms with Crippen molar-refractivity contribution in [1.29, 1.82) is 0 Å². The number of carbonyl (C=O) groups is 2. The van der Waals surface area contributed by atoms with Gasteiger partial charge in [0.05, 0.1) is 37.7 Å². The van der Waals surface area contributed by atoms with Crippen LogP contribution in [0.3, 0.4) is 0 Å². The first-order valence-electron chi connectivity index (χ1n) is 10.9. The predicted molar refractivity (Wildman–Crippen MR) is 137 cm³/mol. The van der Waals surface area contributed by atoms with Crippen molar-refractivity contribution < 1.29 is 27.5 Å². The highest BCUT2D eigenvalue weighted by molar-refractivity contribution is 7.97. The van der Waals surface area contributed by atoms with Gasteiger partial charge >= 0.3 is 0 Å². The summed E-state index contributed by atoms with van der Waals surface area (Å²) in [6, 6.07) is 18.4. The number of benzene rings is 3. The summed E-state index contributed by atoms with van der Waals surface area (Å²) in [4.78, 5) is 24.9. The van der Waals surface area contributed by atoms with Crippen molar-refractivity contribution in [2.75, 3.05) is 23.8 Å². The van der Waals surface area contributed by atoms with E-state index in [9.17, 15) is 18.0 Å². The van der Waals surface area contributed by atoms with Crippen LogP contribution < -0.4 is 24.8 Å². The summed E-state index contributed by atoms with van der Waals surface area (Å²) >= 11 is 0. The molecule has 10 heteroatoms. The van der Waals surface area contributed by atoms with Gasteiger partial charge in [-0.1, -0.05) is 42.5 Å². The zero-order valence-electron chi connectivity index (χ0n) is 19.9. The highest BCUT2D eigenvalue weighted by Crippen LogP contribution is 2.45. The number of hydrogen-bond acceptors (Lipinski definition) is 6. The highest BCUT2D eigenvalue weighted by Gasteiger charge is 2.40. The average molecular weight is 508 g/mol. The number of methoxy groups -OCH3 is 2. The Morgan fingerprint density at radius 2 is 1.56 bits per heavy atom. The third-order valence-corrected chi connectivity index (χ3v) is 7.79. The number of carbonyl (C=O) groups excluding carboxylic acids is 2. The summed E-state index contributed by atoms with van der Waals surface area (Å²) in [5.41, 5.74) is 7.39. The molecule has 0 aromatic heterocycles. The van der Waals surface area contributed by atoms with Gasteiger partial charge < -0.3 is 20.5 Å². The number of allylic oxidation sites excluding steroid dienone is 1. The number of fused-ring (bicyclic) bond motifs is 1. The first kappa shape index (κ1) is 24.8. The van der Waals surface area contributed by atoms with Gasteiger partial charge in [0.1, 0.15) is 0 Å². The topological polar surface area (TPSA) is 128 Å². The molecular weight excluding hydrogens is 482 g/mol. The largest absolute Gasteiger partial charge is 0.493 e. The van der Waals surface area contributed by atoms with Gasteiger partial charge in [0.15, 0.2) is 16.4 Å². The molecule has 0 saturated carbocycles. The number of hydrogen-bond donors (Lipinski definition) is 2. The van der Waals surface area contributed by atoms with Crippen LogP contribution in [0.2, 0.25) is 0 Å². The monoisotopic (exact) mass is 507 g/mol. The molecule has 186 valence electrons. The third-order valence-electron chi connectivity index (χ3n) is 5.88. The minimum Gasteiger partial charge on any atom is -0.493 e. The molecule has 9 nitrogen and oxygen atoms in total. The maximum Gasteiger partial charge on any atom is 0.270 e. The van der Waals surface area contributed by atoms with Gasteiger partial charge in [0.2, 0.25) is 0 Å². The Morgan fingerprint density at radius 3 is 2.19 bits per heavy atom. The lowest BCUT2D eigenvalue weighted by Gasteiger charge is -2.33. The van der Waals surface area contributed by atoms with Crippen molar-refractivity contribution in [3.05, 3.63) is 88.3 Å². The molecule has 0 aliphatic carbocycles. The van der Waals surface area contributed by atoms with Crippen molar-refractivity contribution in [2.45, 2.75) is 13.5 Å². The number of sulfonamides is 1. The lowest BCUT2D eigenvalue weighted by Crippen LogP contribution is -2.39. The fourth-order valence-electron chi connectivity index (χ4n) is 4.12. The molecule has 1 aliphatic heterocycles. The molecule has 0 spiro atoms. The molecule has 3 aromatic carbocycles. The Morgan fingerprint density at radius 1 is 0.944 bits per heavy atom. The molecule has 1 heterocycles. The quantitative estimate of drug-likeness (QED) is 0.504. The maximum absolute atomic E-state index is 13.9. The smallest absolute Gasteiger partial charge is 0.270 e. The van der Waals surface area contributed by atoms with Gasteiger partial charge in [-0.2, -0.15) is 0 Å². The van der Waals surface area contributed by atoms with Crippen molar-refractivity contribution >= 4 is 38.8 Å². The van der Waals surface area contributed by atoms with E-state index in [1.54, 1.807) is 55.5 Å². The van der Waals surface area contributed by atoms with Crippen LogP contribution in [-0.4, -0.2) is 34.5 Å². The lowest BCUT2D eigenvalue weighted by atomic mass is 10.0. The number of ether oxygens (including phenoxy) is 2. The minimum atomic E-state index is -4.33. The average Bonchev–Trinajstić information content (AvgIpc) is 2.86. The SMILES string of the molecule is COc1cc2c(cc1OC)N(Cc1ccccc1)S(=O)(=O)C(C(=O)Nc1ccccc1C(N)=O)=C2C. The van der Waals surface area contributed by atoms with Crippen LogP contribution in [0, 0.1) is 0 Å². The fraction of sp³-hybridized carbons (Fsp3) is 0.154. The predicted octanol–water partition coefficient (Wildman–Crippen LogP) is 3.52. The molecule has 0 unspecified atom stereocenters. The van der Waals surface area contributed by atoms with Crippen molar-refractivity contribution in [3.63, 3.8) is 0 Å². The molecule has 1 aliphatic rings. The van der Waals surface area contributed by atoms with E-state index >= 15 is 0 Å². The molecule has 0 fully saturated rings. The Hall–Kier alpha value is -4.31. The Balaban J connectivity index is 1.90. The van der Waals surface area contributed by atoms with E-state index in [1.165, 1.54) is 30.7 Å².